The average molecular weight is 351 g/mol. The van der Waals surface area contributed by atoms with Gasteiger partial charge >= 0.3 is 0 Å². The number of aryl methyl sites for hydroxylation is 2. The largest absolute Gasteiger partial charge is 0.299 e. The minimum absolute atomic E-state index is 0.341. The van der Waals surface area contributed by atoms with Gasteiger partial charge < -0.3 is 0 Å². The van der Waals surface area contributed by atoms with Crippen molar-refractivity contribution in [3.63, 3.8) is 0 Å². The van der Waals surface area contributed by atoms with Crippen LogP contribution in [0.3, 0.4) is 0 Å². The first kappa shape index (κ1) is 13.5. The van der Waals surface area contributed by atoms with E-state index in [-0.39, 0.29) is 0 Å². The molecule has 1 aromatic carbocycles. The third-order valence-electron chi connectivity index (χ3n) is 3.30. The van der Waals surface area contributed by atoms with E-state index in [2.05, 4.69) is 20.9 Å². The molecule has 2 aromatic rings. The number of hydrogen-bond acceptors (Lipinski definition) is 4. The van der Waals surface area contributed by atoms with Gasteiger partial charge in [0.05, 0.1) is 23.5 Å². The quantitative estimate of drug-likeness (QED) is 0.781. The topological polar surface area (TPSA) is 50.3 Å². The first-order chi connectivity index (χ1) is 9.47. The van der Waals surface area contributed by atoms with Gasteiger partial charge in [-0.05, 0) is 32.0 Å². The number of Topliss-reactive ketones (excluding diaryl/α,β-unsaturated/α-hetero) is 1. The standard InChI is InChI=1S/C14H11BrN2O2S/c1-7-8(2)20-12(16-7)6-17-11-5-9(15)3-4-10(11)13(18)14(17)19/h3-5H,6H2,1-2H3. The number of halogens is 1. The molecule has 0 spiro atoms. The Hall–Kier alpha value is -1.53. The van der Waals surface area contributed by atoms with Crippen LogP contribution < -0.4 is 4.90 Å². The smallest absolute Gasteiger partial charge is 0.298 e. The summed E-state index contributed by atoms with van der Waals surface area (Å²) < 4.78 is 0.843. The number of carbonyl (C=O) groups is 2. The Morgan fingerprint density at radius 1 is 1.30 bits per heavy atom. The molecule has 0 unspecified atom stereocenters. The highest BCUT2D eigenvalue weighted by Gasteiger charge is 2.36. The summed E-state index contributed by atoms with van der Waals surface area (Å²) in [6, 6.07) is 5.24. The second kappa shape index (κ2) is 4.79. The Morgan fingerprint density at radius 2 is 2.05 bits per heavy atom. The Labute approximate surface area is 128 Å². The molecule has 4 nitrogen and oxygen atoms in total. The number of amides is 1. The van der Waals surface area contributed by atoms with Crippen LogP contribution in [0.15, 0.2) is 22.7 Å². The Morgan fingerprint density at radius 3 is 2.70 bits per heavy atom. The summed E-state index contributed by atoms with van der Waals surface area (Å²) in [5.74, 6) is -0.930. The highest BCUT2D eigenvalue weighted by Crippen LogP contribution is 2.33. The number of hydrogen-bond donors (Lipinski definition) is 0. The van der Waals surface area contributed by atoms with Crippen LogP contribution in [0.1, 0.15) is 25.9 Å². The van der Waals surface area contributed by atoms with Crippen LogP contribution in [0, 0.1) is 13.8 Å². The van der Waals surface area contributed by atoms with Crippen LogP contribution in [0.5, 0.6) is 0 Å². The maximum Gasteiger partial charge on any atom is 0.299 e. The van der Waals surface area contributed by atoms with Crippen LogP contribution in [0.4, 0.5) is 5.69 Å². The Balaban J connectivity index is 2.00. The molecule has 0 fully saturated rings. The van der Waals surface area contributed by atoms with E-state index in [4.69, 9.17) is 0 Å². The molecular weight excluding hydrogens is 340 g/mol. The molecule has 1 amide bonds. The first-order valence-electron chi connectivity index (χ1n) is 6.06. The summed E-state index contributed by atoms with van der Waals surface area (Å²) >= 11 is 4.93. The second-order valence-corrected chi connectivity index (χ2v) is 6.83. The summed E-state index contributed by atoms with van der Waals surface area (Å²) in [7, 11) is 0. The van der Waals surface area contributed by atoms with E-state index >= 15 is 0 Å². The SMILES string of the molecule is Cc1nc(CN2C(=O)C(=O)c3ccc(Br)cc32)sc1C. The van der Waals surface area contributed by atoms with Crippen molar-refractivity contribution in [3.8, 4) is 0 Å². The van der Waals surface area contributed by atoms with Crippen molar-refractivity contribution in [1.29, 1.82) is 0 Å². The molecule has 2 heterocycles. The van der Waals surface area contributed by atoms with Crippen molar-refractivity contribution in [3.05, 3.63) is 43.8 Å². The summed E-state index contributed by atoms with van der Waals surface area (Å²) in [5.41, 5.74) is 2.08. The van der Waals surface area contributed by atoms with Crippen molar-refractivity contribution in [2.75, 3.05) is 4.90 Å². The molecule has 3 rings (SSSR count). The molecule has 1 aromatic heterocycles. The number of benzene rings is 1. The highest BCUT2D eigenvalue weighted by atomic mass is 79.9. The van der Waals surface area contributed by atoms with Gasteiger partial charge in [-0.1, -0.05) is 15.9 Å². The lowest BCUT2D eigenvalue weighted by molar-refractivity contribution is -0.114. The van der Waals surface area contributed by atoms with Crippen molar-refractivity contribution in [2.45, 2.75) is 20.4 Å². The molecule has 0 N–H and O–H groups in total. The monoisotopic (exact) mass is 350 g/mol. The molecule has 1 aliphatic rings. The zero-order valence-corrected chi connectivity index (χ0v) is 13.3. The lowest BCUT2D eigenvalue weighted by Crippen LogP contribution is -2.29. The van der Waals surface area contributed by atoms with Gasteiger partial charge in [0.15, 0.2) is 0 Å². The third kappa shape index (κ3) is 2.09. The number of ketones is 1. The lowest BCUT2D eigenvalue weighted by Gasteiger charge is -2.14. The number of aromatic nitrogens is 1. The molecule has 0 saturated carbocycles. The zero-order valence-electron chi connectivity index (χ0n) is 10.9. The molecule has 0 saturated heterocycles. The lowest BCUT2D eigenvalue weighted by atomic mass is 10.1. The minimum Gasteiger partial charge on any atom is -0.298 e. The fourth-order valence-electron chi connectivity index (χ4n) is 2.17. The maximum absolute atomic E-state index is 12.1. The van der Waals surface area contributed by atoms with Gasteiger partial charge in [0.2, 0.25) is 0 Å². The van der Waals surface area contributed by atoms with Crippen LogP contribution in [0.2, 0.25) is 0 Å². The summed E-state index contributed by atoms with van der Waals surface area (Å²) in [4.78, 5) is 31.1. The third-order valence-corrected chi connectivity index (χ3v) is 4.85. The van der Waals surface area contributed by atoms with E-state index in [9.17, 15) is 9.59 Å². The van der Waals surface area contributed by atoms with E-state index in [0.717, 1.165) is 20.1 Å². The van der Waals surface area contributed by atoms with E-state index in [1.54, 1.807) is 29.5 Å². The van der Waals surface area contributed by atoms with Crippen molar-refractivity contribution in [2.24, 2.45) is 0 Å². The van der Waals surface area contributed by atoms with Crippen LogP contribution in [-0.4, -0.2) is 16.7 Å². The molecule has 0 atom stereocenters. The molecular formula is C14H11BrN2O2S. The molecule has 102 valence electrons. The Kier molecular flexibility index (Phi) is 3.22. The normalized spacial score (nSPS) is 14.1. The molecule has 0 bridgehead atoms. The number of carbonyl (C=O) groups excluding carboxylic acids is 2. The number of anilines is 1. The van der Waals surface area contributed by atoms with E-state index in [1.165, 1.54) is 4.90 Å². The van der Waals surface area contributed by atoms with Gasteiger partial charge in [-0.2, -0.15) is 0 Å². The molecule has 20 heavy (non-hydrogen) atoms. The molecule has 1 aliphatic heterocycles. The zero-order chi connectivity index (χ0) is 14.4. The van der Waals surface area contributed by atoms with Crippen LogP contribution >= 0.6 is 27.3 Å². The fraction of sp³-hybridized carbons (Fsp3) is 0.214. The maximum atomic E-state index is 12.1. The van der Waals surface area contributed by atoms with Gasteiger partial charge in [0.1, 0.15) is 5.01 Å². The number of nitrogens with zero attached hydrogens (tertiary/aromatic N) is 2. The van der Waals surface area contributed by atoms with E-state index < -0.39 is 11.7 Å². The highest BCUT2D eigenvalue weighted by molar-refractivity contribution is 9.10. The summed E-state index contributed by atoms with van der Waals surface area (Å²) in [5, 5.41) is 0.842. The van der Waals surface area contributed by atoms with Gasteiger partial charge in [0, 0.05) is 9.35 Å². The van der Waals surface area contributed by atoms with Crippen molar-refractivity contribution >= 4 is 44.6 Å². The Bertz CT molecular complexity index is 719. The second-order valence-electron chi connectivity index (χ2n) is 4.63. The van der Waals surface area contributed by atoms with E-state index in [0.29, 0.717) is 17.8 Å². The first-order valence-corrected chi connectivity index (χ1v) is 7.67. The predicted octanol–water partition coefficient (Wildman–Crippen LogP) is 3.25. The van der Waals surface area contributed by atoms with Gasteiger partial charge in [-0.3, -0.25) is 14.5 Å². The number of fused-ring (bicyclic) bond motifs is 1. The van der Waals surface area contributed by atoms with Crippen molar-refractivity contribution < 1.29 is 9.59 Å². The molecule has 0 radical (unpaired) electrons. The van der Waals surface area contributed by atoms with Gasteiger partial charge in [0.25, 0.3) is 11.7 Å². The number of thiazole rings is 1. The van der Waals surface area contributed by atoms with E-state index in [1.807, 2.05) is 13.8 Å². The summed E-state index contributed by atoms with van der Waals surface area (Å²) in [6.07, 6.45) is 0. The van der Waals surface area contributed by atoms with Crippen molar-refractivity contribution in [1.82, 2.24) is 4.98 Å². The minimum atomic E-state index is -0.483. The van der Waals surface area contributed by atoms with Gasteiger partial charge in [-0.15, -0.1) is 11.3 Å². The van der Waals surface area contributed by atoms with Crippen LogP contribution in [-0.2, 0) is 11.3 Å². The predicted molar refractivity (Wildman–Crippen MR) is 81.3 cm³/mol. The fourth-order valence-corrected chi connectivity index (χ4v) is 3.44. The molecule has 0 aliphatic carbocycles. The molecule has 6 heteroatoms. The average Bonchev–Trinajstić information content (AvgIpc) is 2.83. The summed E-state index contributed by atoms with van der Waals surface area (Å²) in [6.45, 7) is 4.28. The number of rotatable bonds is 2. The van der Waals surface area contributed by atoms with Crippen LogP contribution in [0.25, 0.3) is 0 Å². The van der Waals surface area contributed by atoms with Gasteiger partial charge in [-0.25, -0.2) is 4.98 Å².